The molecule has 0 radical (unpaired) electrons. The molecule has 0 aromatic carbocycles. The highest BCUT2D eigenvalue weighted by Crippen LogP contribution is 2.28. The van der Waals surface area contributed by atoms with Crippen LogP contribution >= 0.6 is 0 Å². The summed E-state index contributed by atoms with van der Waals surface area (Å²) in [7, 11) is 1.25. The quantitative estimate of drug-likeness (QED) is 0.629. The van der Waals surface area contributed by atoms with Gasteiger partial charge in [0.25, 0.3) is 0 Å². The second kappa shape index (κ2) is 7.76. The number of hydrogen-bond acceptors (Lipinski definition) is 7. The summed E-state index contributed by atoms with van der Waals surface area (Å²) in [6, 6.07) is 1.40. The van der Waals surface area contributed by atoms with Gasteiger partial charge in [-0.15, -0.1) is 0 Å². The molecule has 9 nitrogen and oxygen atoms in total. The molecule has 0 saturated heterocycles. The lowest BCUT2D eigenvalue weighted by Gasteiger charge is -2.33. The number of nitrogens with zero attached hydrogens (tertiary/aromatic N) is 3. The first-order valence-corrected chi connectivity index (χ1v) is 8.75. The van der Waals surface area contributed by atoms with Crippen LogP contribution in [0.1, 0.15) is 51.9 Å². The van der Waals surface area contributed by atoms with Gasteiger partial charge in [0.2, 0.25) is 6.41 Å². The molecule has 0 aliphatic carbocycles. The van der Waals surface area contributed by atoms with E-state index in [1.165, 1.54) is 25.6 Å². The molecule has 1 amide bonds. The summed E-state index contributed by atoms with van der Waals surface area (Å²) in [6.07, 6.45) is 2.10. The van der Waals surface area contributed by atoms with E-state index < -0.39 is 29.7 Å². The van der Waals surface area contributed by atoms with Crippen molar-refractivity contribution in [2.45, 2.75) is 59.2 Å². The highest BCUT2D eigenvalue weighted by molar-refractivity contribution is 5.97. The van der Waals surface area contributed by atoms with Gasteiger partial charge in [0, 0.05) is 18.6 Å². The van der Waals surface area contributed by atoms with Crippen LogP contribution in [0.5, 0.6) is 0 Å². The number of aliphatic hydroxyl groups is 1. The molecule has 2 rings (SSSR count). The molecule has 2 aromatic rings. The van der Waals surface area contributed by atoms with Crippen LogP contribution in [0.3, 0.4) is 0 Å². The number of anilines is 1. The number of pyridine rings is 1. The van der Waals surface area contributed by atoms with Gasteiger partial charge in [0.05, 0.1) is 24.0 Å². The van der Waals surface area contributed by atoms with Crippen LogP contribution in [-0.4, -0.2) is 51.3 Å². The summed E-state index contributed by atoms with van der Waals surface area (Å²) in [5.74, 6) is -0.604. The zero-order valence-electron chi connectivity index (χ0n) is 17.2. The molecule has 9 heteroatoms. The number of methoxy groups -OCH3 is 1. The molecule has 1 N–H and O–H groups in total. The summed E-state index contributed by atoms with van der Waals surface area (Å²) in [6.45, 7) is 10.3. The van der Waals surface area contributed by atoms with Crippen molar-refractivity contribution in [3.8, 4) is 0 Å². The predicted octanol–water partition coefficient (Wildman–Crippen LogP) is 2.95. The molecule has 0 spiro atoms. The zero-order valence-corrected chi connectivity index (χ0v) is 17.2. The van der Waals surface area contributed by atoms with E-state index in [0.717, 1.165) is 4.90 Å². The van der Waals surface area contributed by atoms with E-state index in [-0.39, 0.29) is 11.3 Å². The first-order valence-electron chi connectivity index (χ1n) is 8.75. The number of aliphatic hydroxyl groups excluding tert-OH is 1. The van der Waals surface area contributed by atoms with Crippen molar-refractivity contribution in [1.82, 2.24) is 9.38 Å². The average molecular weight is 393 g/mol. The van der Waals surface area contributed by atoms with E-state index >= 15 is 0 Å². The van der Waals surface area contributed by atoms with Crippen molar-refractivity contribution in [1.29, 1.82) is 0 Å². The van der Waals surface area contributed by atoms with Crippen LogP contribution in [-0.2, 0) is 14.2 Å². The first-order chi connectivity index (χ1) is 12.8. The molecule has 0 aliphatic rings. The number of esters is 1. The van der Waals surface area contributed by atoms with Crippen LogP contribution < -0.4 is 4.90 Å². The predicted molar refractivity (Wildman–Crippen MR) is 102 cm³/mol. The maximum atomic E-state index is 12.9. The Kier molecular flexibility index (Phi) is 6.00. The lowest BCUT2D eigenvalue weighted by molar-refractivity contribution is -0.163. The topological polar surface area (TPSA) is 103 Å². The summed E-state index contributed by atoms with van der Waals surface area (Å²) in [5.41, 5.74) is -0.943. The van der Waals surface area contributed by atoms with E-state index in [9.17, 15) is 14.7 Å². The van der Waals surface area contributed by atoms with Crippen molar-refractivity contribution < 1.29 is 28.9 Å². The third-order valence-electron chi connectivity index (χ3n) is 3.42. The largest absolute Gasteiger partial charge is 0.465 e. The molecule has 2 aromatic heterocycles. The van der Waals surface area contributed by atoms with Crippen molar-refractivity contribution in [3.63, 3.8) is 0 Å². The number of carbonyl (C=O) groups is 2. The molecule has 1 atom stereocenters. The summed E-state index contributed by atoms with van der Waals surface area (Å²) >= 11 is 0. The number of imidazole rings is 1. The number of hydrogen-bond donors (Lipinski definition) is 1. The second-order valence-electron chi connectivity index (χ2n) is 8.17. The molecular formula is C19H27N3O6. The Morgan fingerprint density at radius 2 is 1.82 bits per heavy atom. The smallest absolute Gasteiger partial charge is 0.418 e. The Morgan fingerprint density at radius 1 is 1.18 bits per heavy atom. The van der Waals surface area contributed by atoms with Gasteiger partial charge in [0.1, 0.15) is 5.60 Å². The zero-order chi connectivity index (χ0) is 21.3. The molecule has 0 fully saturated rings. The van der Waals surface area contributed by atoms with Gasteiger partial charge in [-0.3, -0.25) is 0 Å². The van der Waals surface area contributed by atoms with Crippen molar-refractivity contribution in [2.24, 2.45) is 0 Å². The van der Waals surface area contributed by atoms with Crippen LogP contribution in [0.2, 0.25) is 0 Å². The van der Waals surface area contributed by atoms with Crippen LogP contribution in [0.4, 0.5) is 10.5 Å². The van der Waals surface area contributed by atoms with Crippen LogP contribution in [0, 0.1) is 0 Å². The Morgan fingerprint density at radius 3 is 2.36 bits per heavy atom. The van der Waals surface area contributed by atoms with E-state index in [1.807, 2.05) is 0 Å². The maximum Gasteiger partial charge on any atom is 0.418 e. The van der Waals surface area contributed by atoms with E-state index in [4.69, 9.17) is 14.2 Å². The third kappa shape index (κ3) is 5.20. The highest BCUT2D eigenvalue weighted by Gasteiger charge is 2.34. The number of ether oxygens (including phenoxy) is 3. The minimum absolute atomic E-state index is 0.138. The monoisotopic (exact) mass is 393 g/mol. The minimum Gasteiger partial charge on any atom is -0.465 e. The van der Waals surface area contributed by atoms with Gasteiger partial charge in [-0.2, -0.15) is 0 Å². The van der Waals surface area contributed by atoms with Gasteiger partial charge in [-0.05, 0) is 47.6 Å². The molecule has 0 saturated carbocycles. The molecular weight excluding hydrogens is 366 g/mol. The molecule has 0 aliphatic heterocycles. The number of rotatable bonds is 4. The first kappa shape index (κ1) is 21.6. The van der Waals surface area contributed by atoms with Crippen molar-refractivity contribution in [2.75, 3.05) is 12.0 Å². The Hall–Kier alpha value is -2.65. The Labute approximate surface area is 163 Å². The van der Waals surface area contributed by atoms with Gasteiger partial charge < -0.3 is 23.7 Å². The van der Waals surface area contributed by atoms with Crippen molar-refractivity contribution >= 4 is 23.4 Å². The summed E-state index contributed by atoms with van der Waals surface area (Å²) in [5, 5.41) is 10.7. The maximum absolute atomic E-state index is 12.9. The average Bonchev–Trinajstić information content (AvgIpc) is 2.99. The number of aromatic nitrogens is 2. The number of amides is 1. The second-order valence-corrected chi connectivity index (χ2v) is 8.17. The van der Waals surface area contributed by atoms with Gasteiger partial charge >= 0.3 is 12.1 Å². The fourth-order valence-electron chi connectivity index (χ4n) is 2.41. The number of carbonyl (C=O) groups excluding carboxylic acids is 2. The summed E-state index contributed by atoms with van der Waals surface area (Å²) in [4.78, 5) is 30.1. The lowest BCUT2D eigenvalue weighted by Crippen LogP contribution is -2.47. The van der Waals surface area contributed by atoms with E-state index in [1.54, 1.807) is 52.1 Å². The van der Waals surface area contributed by atoms with E-state index in [2.05, 4.69) is 4.98 Å². The molecule has 2 heterocycles. The lowest BCUT2D eigenvalue weighted by atomic mass is 10.2. The molecule has 1 unspecified atom stereocenters. The van der Waals surface area contributed by atoms with E-state index in [0.29, 0.717) is 5.65 Å². The normalized spacial score (nSPS) is 13.3. The van der Waals surface area contributed by atoms with Gasteiger partial charge in [0.15, 0.2) is 5.65 Å². The highest BCUT2D eigenvalue weighted by atomic mass is 16.7. The third-order valence-corrected chi connectivity index (χ3v) is 3.42. The van der Waals surface area contributed by atoms with Gasteiger partial charge in [-0.25, -0.2) is 19.5 Å². The van der Waals surface area contributed by atoms with Gasteiger partial charge in [-0.1, -0.05) is 0 Å². The number of fused-ring (bicyclic) bond motifs is 1. The van der Waals surface area contributed by atoms with Crippen molar-refractivity contribution in [3.05, 3.63) is 30.2 Å². The SMILES string of the molecule is COC(=O)c1cc(N(C(=O)OC(C)(C)C)C(O)OC(C)(C)C)c2nccn2c1. The molecule has 28 heavy (non-hydrogen) atoms. The van der Waals surface area contributed by atoms with Crippen LogP contribution in [0.25, 0.3) is 5.65 Å². The standard InChI is InChI=1S/C19H27N3O6/c1-18(2,3)27-16(24)22(17(25)28-19(4,5)6)13-10-12(15(23)26-7)11-21-9-8-20-14(13)21/h8-11,16,24H,1-7H3. The molecule has 0 bridgehead atoms. The minimum atomic E-state index is -1.68. The fraction of sp³-hybridized carbons (Fsp3) is 0.526. The Bertz CT molecular complexity index is 863. The molecule has 154 valence electrons. The Balaban J connectivity index is 2.63. The fourth-order valence-corrected chi connectivity index (χ4v) is 2.41. The summed E-state index contributed by atoms with van der Waals surface area (Å²) < 4.78 is 17.3. The van der Waals surface area contributed by atoms with Crippen LogP contribution in [0.15, 0.2) is 24.7 Å².